The molecule has 6 bridgehead atoms. The second-order valence-corrected chi connectivity index (χ2v) is 13.7. The average molecular weight is 642 g/mol. The summed E-state index contributed by atoms with van der Waals surface area (Å²) in [5, 5.41) is 8.37. The van der Waals surface area contributed by atoms with Gasteiger partial charge < -0.3 is 14.2 Å². The highest BCUT2D eigenvalue weighted by Gasteiger charge is 2.22. The SMILES string of the molecule is Cc1c2cccc1-c1cccc3oc4cccc(c4c13)Nc1cc(cc(-c3ccc4c(c3)oc3ccccc34)c1)-c1cc3c(c-2c1)CCC=C3. The third-order valence-electron chi connectivity index (χ3n) is 10.8. The van der Waals surface area contributed by atoms with Gasteiger partial charge in [-0.05, 0) is 148 Å². The molecule has 0 atom stereocenters. The van der Waals surface area contributed by atoms with Crippen LogP contribution in [0, 0.1) is 6.92 Å². The van der Waals surface area contributed by atoms with E-state index in [1.807, 2.05) is 12.1 Å². The van der Waals surface area contributed by atoms with Gasteiger partial charge in [-0.1, -0.05) is 72.8 Å². The maximum Gasteiger partial charge on any atom is 0.137 e. The molecule has 1 N–H and O–H groups in total. The van der Waals surface area contributed by atoms with E-state index in [0.29, 0.717) is 0 Å². The minimum Gasteiger partial charge on any atom is -0.456 e. The van der Waals surface area contributed by atoms with Crippen LogP contribution < -0.4 is 5.32 Å². The maximum atomic E-state index is 6.54. The van der Waals surface area contributed by atoms with Crippen LogP contribution in [0.2, 0.25) is 0 Å². The first-order valence-corrected chi connectivity index (χ1v) is 17.4. The van der Waals surface area contributed by atoms with Crippen molar-refractivity contribution in [1.82, 2.24) is 0 Å². The number of allylic oxidation sites excluding steroid dienone is 1. The van der Waals surface area contributed by atoms with Gasteiger partial charge >= 0.3 is 0 Å². The lowest BCUT2D eigenvalue weighted by atomic mass is 9.83. The first kappa shape index (κ1) is 27.6. The third kappa shape index (κ3) is 4.04. The maximum absolute atomic E-state index is 6.54. The van der Waals surface area contributed by atoms with Crippen molar-refractivity contribution in [3.8, 4) is 44.5 Å². The largest absolute Gasteiger partial charge is 0.456 e. The molecule has 50 heavy (non-hydrogen) atoms. The number of hydrogen-bond donors (Lipinski definition) is 1. The molecule has 236 valence electrons. The summed E-state index contributed by atoms with van der Waals surface area (Å²) < 4.78 is 12.9. The van der Waals surface area contributed by atoms with E-state index in [2.05, 4.69) is 140 Å². The Morgan fingerprint density at radius 1 is 0.520 bits per heavy atom. The van der Waals surface area contributed by atoms with Crippen molar-refractivity contribution in [3.05, 3.63) is 150 Å². The lowest BCUT2D eigenvalue weighted by molar-refractivity contribution is 0.668. The highest BCUT2D eigenvalue weighted by molar-refractivity contribution is 6.18. The Bertz CT molecular complexity index is 2920. The third-order valence-corrected chi connectivity index (χ3v) is 10.8. The molecule has 3 heteroatoms. The first-order chi connectivity index (χ1) is 24.7. The summed E-state index contributed by atoms with van der Waals surface area (Å²) in [6.07, 6.45) is 6.70. The van der Waals surface area contributed by atoms with Crippen molar-refractivity contribution in [3.63, 3.8) is 0 Å². The van der Waals surface area contributed by atoms with Gasteiger partial charge in [0.15, 0.2) is 0 Å². The van der Waals surface area contributed by atoms with E-state index in [-0.39, 0.29) is 0 Å². The summed E-state index contributed by atoms with van der Waals surface area (Å²) in [5.74, 6) is 0. The van der Waals surface area contributed by atoms with Crippen molar-refractivity contribution in [2.75, 3.05) is 5.32 Å². The highest BCUT2D eigenvalue weighted by Crippen LogP contribution is 2.46. The number of fused-ring (bicyclic) bond motifs is 14. The van der Waals surface area contributed by atoms with Gasteiger partial charge in [-0.25, -0.2) is 0 Å². The quantitative estimate of drug-likeness (QED) is 0.194. The molecular formula is C47H31NO2. The molecule has 1 aliphatic heterocycles. The Labute approximate surface area is 289 Å². The second-order valence-electron chi connectivity index (χ2n) is 13.7. The molecule has 9 aromatic rings. The van der Waals surface area contributed by atoms with Crippen LogP contribution in [0.4, 0.5) is 11.4 Å². The summed E-state index contributed by atoms with van der Waals surface area (Å²) in [5.41, 5.74) is 19.2. The summed E-state index contributed by atoms with van der Waals surface area (Å²) in [7, 11) is 0. The van der Waals surface area contributed by atoms with Crippen LogP contribution in [0.15, 0.2) is 142 Å². The predicted octanol–water partition coefficient (Wildman–Crippen LogP) is 13.5. The van der Waals surface area contributed by atoms with Crippen LogP contribution >= 0.6 is 0 Å². The summed E-state index contributed by atoms with van der Waals surface area (Å²) in [6.45, 7) is 2.28. The van der Waals surface area contributed by atoms with Crippen LogP contribution in [0.5, 0.6) is 0 Å². The number of hydrogen-bond acceptors (Lipinski definition) is 3. The molecule has 0 amide bonds. The van der Waals surface area contributed by atoms with Crippen LogP contribution in [0.3, 0.4) is 0 Å². The Morgan fingerprint density at radius 2 is 1.22 bits per heavy atom. The van der Waals surface area contributed by atoms with Crippen LogP contribution in [0.1, 0.15) is 23.1 Å². The minimum absolute atomic E-state index is 0.871. The number of para-hydroxylation sites is 1. The summed E-state index contributed by atoms with van der Waals surface area (Å²) >= 11 is 0. The zero-order valence-electron chi connectivity index (χ0n) is 27.5. The van der Waals surface area contributed by atoms with E-state index in [1.165, 1.54) is 44.5 Å². The van der Waals surface area contributed by atoms with Crippen molar-refractivity contribution in [2.24, 2.45) is 0 Å². The number of rotatable bonds is 1. The van der Waals surface area contributed by atoms with E-state index in [4.69, 9.17) is 8.83 Å². The fraction of sp³-hybridized carbons (Fsp3) is 0.0638. The molecule has 0 unspecified atom stereocenters. The predicted molar refractivity (Wildman–Crippen MR) is 208 cm³/mol. The van der Waals surface area contributed by atoms with Crippen molar-refractivity contribution in [1.29, 1.82) is 0 Å². The molecule has 7 aromatic carbocycles. The Kier molecular flexibility index (Phi) is 5.71. The second kappa shape index (κ2) is 10.3. The Morgan fingerprint density at radius 3 is 2.14 bits per heavy atom. The van der Waals surface area contributed by atoms with E-state index in [0.717, 1.165) is 84.8 Å². The fourth-order valence-electron chi connectivity index (χ4n) is 8.48. The van der Waals surface area contributed by atoms with Crippen LogP contribution in [0.25, 0.3) is 94.5 Å². The van der Waals surface area contributed by atoms with Gasteiger partial charge in [0, 0.05) is 21.8 Å². The first-order valence-electron chi connectivity index (χ1n) is 17.4. The highest BCUT2D eigenvalue weighted by atomic mass is 16.3. The molecule has 0 radical (unpaired) electrons. The molecule has 1 aliphatic carbocycles. The standard InChI is InChI=1S/C47H31NO2/c1-27-34-12-6-13-35(27)40-25-32(21-29-9-2-3-10-36(29)40)31-22-30(28-19-20-38-37-11-4-5-16-42(37)49-45(38)26-28)23-33(24-31)48-41-15-8-18-44-47(41)46-39(34)14-7-17-43(46)50-44/h2,4-9,11-26,48H,3,10H2,1H3. The number of furan rings is 2. The van der Waals surface area contributed by atoms with Crippen LogP contribution in [-0.4, -0.2) is 0 Å². The Balaban J connectivity index is 1.23. The van der Waals surface area contributed by atoms with Gasteiger partial charge in [-0.3, -0.25) is 0 Å². The van der Waals surface area contributed by atoms with E-state index in [9.17, 15) is 0 Å². The van der Waals surface area contributed by atoms with E-state index in [1.54, 1.807) is 0 Å². The molecule has 0 spiro atoms. The summed E-state index contributed by atoms with van der Waals surface area (Å²) in [4.78, 5) is 0. The molecule has 3 heterocycles. The zero-order chi connectivity index (χ0) is 32.9. The molecule has 0 saturated heterocycles. The van der Waals surface area contributed by atoms with Gasteiger partial charge in [0.05, 0.1) is 11.1 Å². The van der Waals surface area contributed by atoms with Gasteiger partial charge in [0.2, 0.25) is 0 Å². The zero-order valence-corrected chi connectivity index (χ0v) is 27.5. The summed E-state index contributed by atoms with van der Waals surface area (Å²) in [6, 6.07) is 46.1. The van der Waals surface area contributed by atoms with Crippen molar-refractivity contribution in [2.45, 2.75) is 19.8 Å². The van der Waals surface area contributed by atoms with Gasteiger partial charge in [0.25, 0.3) is 0 Å². The average Bonchev–Trinajstić information content (AvgIpc) is 3.73. The number of benzene rings is 7. The minimum atomic E-state index is 0.871. The molecule has 11 rings (SSSR count). The van der Waals surface area contributed by atoms with Crippen LogP contribution in [-0.2, 0) is 6.42 Å². The lowest BCUT2D eigenvalue weighted by Gasteiger charge is -2.22. The van der Waals surface area contributed by atoms with Gasteiger partial charge in [-0.15, -0.1) is 0 Å². The topological polar surface area (TPSA) is 38.3 Å². The number of anilines is 2. The normalized spacial score (nSPS) is 13.2. The molecule has 0 fully saturated rings. The van der Waals surface area contributed by atoms with Gasteiger partial charge in [0.1, 0.15) is 22.3 Å². The molecular weight excluding hydrogens is 611 g/mol. The van der Waals surface area contributed by atoms with Gasteiger partial charge in [-0.2, -0.15) is 0 Å². The number of nitrogens with one attached hydrogen (secondary N) is 1. The van der Waals surface area contributed by atoms with Crippen molar-refractivity contribution < 1.29 is 8.83 Å². The molecule has 2 aromatic heterocycles. The van der Waals surface area contributed by atoms with E-state index >= 15 is 0 Å². The fourth-order valence-corrected chi connectivity index (χ4v) is 8.48. The lowest BCUT2D eigenvalue weighted by Crippen LogP contribution is -2.01. The molecule has 2 aliphatic rings. The monoisotopic (exact) mass is 641 g/mol. The Hall–Kier alpha value is -6.32. The molecule has 3 nitrogen and oxygen atoms in total. The smallest absolute Gasteiger partial charge is 0.137 e. The molecule has 0 saturated carbocycles. The van der Waals surface area contributed by atoms with E-state index < -0.39 is 0 Å². The van der Waals surface area contributed by atoms with Crippen molar-refractivity contribution >= 4 is 61.3 Å².